The van der Waals surface area contributed by atoms with Gasteiger partial charge in [-0.05, 0) is 19.3 Å². The summed E-state index contributed by atoms with van der Waals surface area (Å²) in [6, 6.07) is 0. The van der Waals surface area contributed by atoms with E-state index in [0.717, 1.165) is 6.26 Å². The van der Waals surface area contributed by atoms with Gasteiger partial charge in [-0.1, -0.05) is 0 Å². The Morgan fingerprint density at radius 1 is 1.60 bits per heavy atom. The lowest BCUT2D eigenvalue weighted by molar-refractivity contribution is -0.146. The molecule has 88 valence electrons. The second kappa shape index (κ2) is 4.09. The van der Waals surface area contributed by atoms with Crippen molar-refractivity contribution in [2.24, 2.45) is 11.3 Å². The Balaban J connectivity index is 2.62. The summed E-state index contributed by atoms with van der Waals surface area (Å²) in [5.74, 6) is -1.31. The molecule has 1 rings (SSSR count). The molecule has 0 aliphatic heterocycles. The monoisotopic (exact) mass is 236 g/mol. The summed E-state index contributed by atoms with van der Waals surface area (Å²) in [5.41, 5.74) is -0.959. The number of hydrogen-bond donors (Lipinski definition) is 1. The van der Waals surface area contributed by atoms with Gasteiger partial charge in [0.05, 0.1) is 17.8 Å². The zero-order valence-corrected chi connectivity index (χ0v) is 9.71. The third kappa shape index (κ3) is 2.92. The molecule has 0 aromatic rings. The second-order valence-electron chi connectivity index (χ2n) is 4.09. The van der Waals surface area contributed by atoms with Gasteiger partial charge >= 0.3 is 5.97 Å². The van der Waals surface area contributed by atoms with Crippen LogP contribution in [0.5, 0.6) is 0 Å². The molecule has 0 radical (unpaired) electrons. The standard InChI is InChI=1S/C9H16O5S/c1-3-14-6-9(8(10)11)4-7(9)5-15(2,12)13/h7H,3-6H2,1-2H3,(H,10,11)/t7-,9+/m0/s1. The summed E-state index contributed by atoms with van der Waals surface area (Å²) in [6.45, 7) is 2.34. The lowest BCUT2D eigenvalue weighted by atomic mass is 10.1. The van der Waals surface area contributed by atoms with E-state index in [0.29, 0.717) is 13.0 Å². The smallest absolute Gasteiger partial charge is 0.312 e. The van der Waals surface area contributed by atoms with Crippen LogP contribution in [-0.4, -0.2) is 44.7 Å². The number of sulfone groups is 1. The van der Waals surface area contributed by atoms with Crippen LogP contribution in [0.15, 0.2) is 0 Å². The first-order valence-electron chi connectivity index (χ1n) is 4.80. The Labute approximate surface area is 89.3 Å². The third-order valence-electron chi connectivity index (χ3n) is 2.73. The number of carboxylic acid groups (broad SMARTS) is 1. The Kier molecular flexibility index (Phi) is 3.40. The lowest BCUT2D eigenvalue weighted by Gasteiger charge is -2.11. The molecule has 2 atom stereocenters. The summed E-state index contributed by atoms with van der Waals surface area (Å²) >= 11 is 0. The van der Waals surface area contributed by atoms with E-state index < -0.39 is 21.2 Å². The van der Waals surface area contributed by atoms with Crippen molar-refractivity contribution in [3.05, 3.63) is 0 Å². The molecule has 1 aliphatic rings. The van der Waals surface area contributed by atoms with E-state index in [2.05, 4.69) is 0 Å². The average molecular weight is 236 g/mol. The minimum atomic E-state index is -3.11. The maximum absolute atomic E-state index is 11.0. The maximum atomic E-state index is 11.0. The lowest BCUT2D eigenvalue weighted by Crippen LogP contribution is -2.26. The van der Waals surface area contributed by atoms with Crippen LogP contribution in [0.25, 0.3) is 0 Å². The number of carboxylic acids is 1. The molecule has 1 aliphatic carbocycles. The van der Waals surface area contributed by atoms with Crippen LogP contribution in [-0.2, 0) is 19.4 Å². The van der Waals surface area contributed by atoms with E-state index in [1.807, 2.05) is 0 Å². The highest BCUT2D eigenvalue weighted by Gasteiger charge is 2.61. The minimum absolute atomic E-state index is 0.0631. The van der Waals surface area contributed by atoms with Crippen LogP contribution in [0.3, 0.4) is 0 Å². The van der Waals surface area contributed by atoms with E-state index >= 15 is 0 Å². The number of hydrogen-bond acceptors (Lipinski definition) is 4. The predicted octanol–water partition coefficient (Wildman–Crippen LogP) is 0.158. The molecule has 1 saturated carbocycles. The van der Waals surface area contributed by atoms with E-state index in [9.17, 15) is 13.2 Å². The fourth-order valence-electron chi connectivity index (χ4n) is 1.75. The first-order chi connectivity index (χ1) is 6.82. The first-order valence-corrected chi connectivity index (χ1v) is 6.87. The predicted molar refractivity (Wildman–Crippen MR) is 54.4 cm³/mol. The molecule has 0 bridgehead atoms. The van der Waals surface area contributed by atoms with Gasteiger partial charge in [-0.15, -0.1) is 0 Å². The summed E-state index contributed by atoms with van der Waals surface area (Å²) in [6.07, 6.45) is 1.52. The molecule has 0 saturated heterocycles. The normalized spacial score (nSPS) is 30.1. The Morgan fingerprint density at radius 3 is 2.60 bits per heavy atom. The van der Waals surface area contributed by atoms with Crippen molar-refractivity contribution in [1.29, 1.82) is 0 Å². The molecular weight excluding hydrogens is 220 g/mol. The van der Waals surface area contributed by atoms with Crippen molar-refractivity contribution in [2.45, 2.75) is 13.3 Å². The molecule has 1 N–H and O–H groups in total. The van der Waals surface area contributed by atoms with Gasteiger partial charge < -0.3 is 9.84 Å². The van der Waals surface area contributed by atoms with Crippen LogP contribution in [0, 0.1) is 11.3 Å². The average Bonchev–Trinajstić information content (AvgIpc) is 2.73. The molecule has 0 spiro atoms. The topological polar surface area (TPSA) is 80.7 Å². The summed E-state index contributed by atoms with van der Waals surface area (Å²) in [7, 11) is -3.11. The highest BCUT2D eigenvalue weighted by Crippen LogP contribution is 2.53. The zero-order valence-electron chi connectivity index (χ0n) is 8.89. The van der Waals surface area contributed by atoms with Crippen molar-refractivity contribution >= 4 is 15.8 Å². The van der Waals surface area contributed by atoms with Crippen molar-refractivity contribution in [1.82, 2.24) is 0 Å². The van der Waals surface area contributed by atoms with Crippen molar-refractivity contribution in [3.63, 3.8) is 0 Å². The fourth-order valence-corrected chi connectivity index (χ4v) is 2.92. The van der Waals surface area contributed by atoms with Crippen LogP contribution >= 0.6 is 0 Å². The largest absolute Gasteiger partial charge is 0.481 e. The molecule has 15 heavy (non-hydrogen) atoms. The van der Waals surface area contributed by atoms with E-state index in [-0.39, 0.29) is 18.3 Å². The van der Waals surface area contributed by atoms with Crippen molar-refractivity contribution < 1.29 is 23.1 Å². The van der Waals surface area contributed by atoms with Crippen molar-refractivity contribution in [2.75, 3.05) is 25.2 Å². The van der Waals surface area contributed by atoms with Crippen LogP contribution in [0.1, 0.15) is 13.3 Å². The maximum Gasteiger partial charge on any atom is 0.312 e. The van der Waals surface area contributed by atoms with Gasteiger partial charge in [-0.25, -0.2) is 8.42 Å². The first kappa shape index (κ1) is 12.4. The molecule has 0 aromatic heterocycles. The van der Waals surface area contributed by atoms with E-state index in [4.69, 9.17) is 9.84 Å². The Hall–Kier alpha value is -0.620. The zero-order chi connectivity index (χ0) is 11.7. The van der Waals surface area contributed by atoms with Gasteiger partial charge in [-0.3, -0.25) is 4.79 Å². The van der Waals surface area contributed by atoms with Crippen molar-refractivity contribution in [3.8, 4) is 0 Å². The second-order valence-corrected chi connectivity index (χ2v) is 6.28. The highest BCUT2D eigenvalue weighted by molar-refractivity contribution is 7.90. The Bertz CT molecular complexity index is 348. The van der Waals surface area contributed by atoms with Gasteiger partial charge in [0.15, 0.2) is 0 Å². The van der Waals surface area contributed by atoms with Gasteiger partial charge in [0, 0.05) is 12.9 Å². The molecular formula is C9H16O5S. The van der Waals surface area contributed by atoms with E-state index in [1.165, 1.54) is 0 Å². The fraction of sp³-hybridized carbons (Fsp3) is 0.889. The molecule has 0 aromatic carbocycles. The number of carbonyl (C=O) groups is 1. The summed E-state index contributed by atoms with van der Waals surface area (Å²) in [4.78, 5) is 11.0. The van der Waals surface area contributed by atoms with Gasteiger partial charge in [0.2, 0.25) is 0 Å². The third-order valence-corrected chi connectivity index (χ3v) is 3.73. The van der Waals surface area contributed by atoms with Gasteiger partial charge in [0.1, 0.15) is 9.84 Å². The minimum Gasteiger partial charge on any atom is -0.481 e. The van der Waals surface area contributed by atoms with Gasteiger partial charge in [-0.2, -0.15) is 0 Å². The number of rotatable bonds is 6. The molecule has 0 heterocycles. The molecule has 6 heteroatoms. The van der Waals surface area contributed by atoms with Crippen LogP contribution < -0.4 is 0 Å². The quantitative estimate of drug-likeness (QED) is 0.710. The molecule has 0 unspecified atom stereocenters. The molecule has 1 fully saturated rings. The summed E-state index contributed by atoms with van der Waals surface area (Å²) in [5, 5.41) is 9.02. The Morgan fingerprint density at radius 2 is 2.20 bits per heavy atom. The molecule has 0 amide bonds. The number of aliphatic carboxylic acids is 1. The van der Waals surface area contributed by atoms with E-state index in [1.54, 1.807) is 6.92 Å². The summed E-state index contributed by atoms with van der Waals surface area (Å²) < 4.78 is 27.2. The van der Waals surface area contributed by atoms with Crippen LogP contribution in [0.2, 0.25) is 0 Å². The highest BCUT2D eigenvalue weighted by atomic mass is 32.2. The molecule has 5 nitrogen and oxygen atoms in total. The number of ether oxygens (including phenoxy) is 1. The SMILES string of the molecule is CCOC[C@]1(C(=O)O)C[C@H]1CS(C)(=O)=O. The van der Waals surface area contributed by atoms with Crippen LogP contribution in [0.4, 0.5) is 0 Å². The van der Waals surface area contributed by atoms with Gasteiger partial charge in [0.25, 0.3) is 0 Å².